The highest BCUT2D eigenvalue weighted by Gasteiger charge is 2.18. The predicted octanol–water partition coefficient (Wildman–Crippen LogP) is 2.31. The van der Waals surface area contributed by atoms with Gasteiger partial charge < -0.3 is 15.4 Å². The topological polar surface area (TPSA) is 66.0 Å². The van der Waals surface area contributed by atoms with E-state index >= 15 is 0 Å². The molecule has 2 heterocycles. The zero-order chi connectivity index (χ0) is 15.5. The molecule has 22 heavy (non-hydrogen) atoms. The van der Waals surface area contributed by atoms with Crippen LogP contribution in [0.15, 0.2) is 30.5 Å². The zero-order valence-corrected chi connectivity index (χ0v) is 12.9. The first-order valence-corrected chi connectivity index (χ1v) is 7.60. The highest BCUT2D eigenvalue weighted by molar-refractivity contribution is 6.00. The van der Waals surface area contributed by atoms with Crippen LogP contribution in [0.25, 0.3) is 21.9 Å². The molecule has 0 amide bonds. The maximum Gasteiger partial charge on any atom is 0.226 e. The van der Waals surface area contributed by atoms with Gasteiger partial charge >= 0.3 is 0 Å². The van der Waals surface area contributed by atoms with Gasteiger partial charge in [-0.1, -0.05) is 19.1 Å². The van der Waals surface area contributed by atoms with Crippen molar-refractivity contribution < 1.29 is 9.47 Å². The third-order valence-corrected chi connectivity index (χ3v) is 3.57. The highest BCUT2D eigenvalue weighted by atomic mass is 16.5. The second kappa shape index (κ2) is 6.19. The summed E-state index contributed by atoms with van der Waals surface area (Å²) in [6.45, 7) is 5.92. The first kappa shape index (κ1) is 14.6. The van der Waals surface area contributed by atoms with Crippen LogP contribution in [0.2, 0.25) is 0 Å². The Labute approximate surface area is 128 Å². The van der Waals surface area contributed by atoms with Crippen molar-refractivity contribution in [1.82, 2.24) is 9.66 Å². The summed E-state index contributed by atoms with van der Waals surface area (Å²) in [4.78, 5) is 4.57. The fraction of sp³-hybridized carbons (Fsp3) is 0.375. The Morgan fingerprint density at radius 2 is 2.14 bits per heavy atom. The number of aromatic nitrogens is 3. The maximum absolute atomic E-state index is 12.2. The van der Waals surface area contributed by atoms with Gasteiger partial charge in [0.25, 0.3) is 0 Å². The van der Waals surface area contributed by atoms with Crippen LogP contribution in [-0.4, -0.2) is 22.8 Å². The van der Waals surface area contributed by atoms with Crippen LogP contribution in [0.5, 0.6) is 0 Å². The van der Waals surface area contributed by atoms with Gasteiger partial charge in [-0.2, -0.15) is 4.73 Å². The fourth-order valence-corrected chi connectivity index (χ4v) is 2.56. The molecule has 0 spiro atoms. The Balaban J connectivity index is 2.25. The van der Waals surface area contributed by atoms with Crippen LogP contribution in [0.3, 0.4) is 0 Å². The Morgan fingerprint density at radius 1 is 1.32 bits per heavy atom. The smallest absolute Gasteiger partial charge is 0.226 e. The van der Waals surface area contributed by atoms with Gasteiger partial charge in [0.05, 0.1) is 5.39 Å². The molecule has 1 aromatic carbocycles. The van der Waals surface area contributed by atoms with E-state index in [9.17, 15) is 5.21 Å². The average Bonchev–Trinajstić information content (AvgIpc) is 2.88. The lowest BCUT2D eigenvalue weighted by atomic mass is 10.2. The molecule has 0 aliphatic heterocycles. The number of ether oxygens (including phenoxy) is 1. The van der Waals surface area contributed by atoms with Gasteiger partial charge in [-0.15, -0.1) is 0 Å². The molecule has 0 saturated heterocycles. The van der Waals surface area contributed by atoms with E-state index in [0.29, 0.717) is 24.2 Å². The number of hydrogen-bond acceptors (Lipinski definition) is 4. The van der Waals surface area contributed by atoms with Crippen molar-refractivity contribution in [3.63, 3.8) is 0 Å². The number of para-hydroxylation sites is 1. The molecular formula is C16H20N4O2. The van der Waals surface area contributed by atoms with Gasteiger partial charge in [-0.3, -0.25) is 0 Å². The number of pyridine rings is 1. The second-order valence-corrected chi connectivity index (χ2v) is 5.11. The molecule has 6 nitrogen and oxygen atoms in total. The molecule has 0 radical (unpaired) electrons. The standard InChI is InChI=1S/C16H20N4O2/c1-3-9-17-20-15(11-22-4-2)18-13-10-19(21)14-8-6-5-7-12(14)16(13)20/h5-8,10,17H,3-4,9,11H2,1-2H3. The Bertz CT molecular complexity index is 798. The third-order valence-electron chi connectivity index (χ3n) is 3.57. The van der Waals surface area contributed by atoms with Gasteiger partial charge in [0.15, 0.2) is 11.3 Å². The number of hydrogen-bond donors (Lipinski definition) is 1. The number of imidazole rings is 1. The molecule has 0 bridgehead atoms. The number of nitrogens with zero attached hydrogens (tertiary/aromatic N) is 3. The molecule has 3 rings (SSSR count). The second-order valence-electron chi connectivity index (χ2n) is 5.11. The number of fused-ring (bicyclic) bond motifs is 3. The third kappa shape index (κ3) is 2.46. The summed E-state index contributed by atoms with van der Waals surface area (Å²) in [7, 11) is 0. The Kier molecular flexibility index (Phi) is 4.11. The van der Waals surface area contributed by atoms with Crippen LogP contribution in [-0.2, 0) is 11.3 Å². The van der Waals surface area contributed by atoms with E-state index in [1.165, 1.54) is 6.20 Å². The molecular weight excluding hydrogens is 280 g/mol. The maximum atomic E-state index is 12.2. The van der Waals surface area contributed by atoms with E-state index in [4.69, 9.17) is 4.74 Å². The van der Waals surface area contributed by atoms with Gasteiger partial charge in [0.2, 0.25) is 11.7 Å². The SMILES string of the molecule is CCCNn1c(COCC)nc2c[n+]([O-])c3ccccc3c21. The van der Waals surface area contributed by atoms with E-state index in [-0.39, 0.29) is 0 Å². The molecule has 0 fully saturated rings. The van der Waals surface area contributed by atoms with Crippen molar-refractivity contribution in [1.29, 1.82) is 0 Å². The number of rotatable bonds is 6. The summed E-state index contributed by atoms with van der Waals surface area (Å²) in [6, 6.07) is 7.56. The minimum Gasteiger partial charge on any atom is -0.618 e. The van der Waals surface area contributed by atoms with Crippen LogP contribution in [0.1, 0.15) is 26.1 Å². The Hall–Kier alpha value is -2.34. The van der Waals surface area contributed by atoms with Crippen molar-refractivity contribution in [2.24, 2.45) is 0 Å². The van der Waals surface area contributed by atoms with Crippen LogP contribution in [0, 0.1) is 5.21 Å². The first-order valence-electron chi connectivity index (χ1n) is 7.60. The van der Waals surface area contributed by atoms with Crippen molar-refractivity contribution >= 4 is 21.9 Å². The minimum atomic E-state index is 0.412. The molecule has 0 unspecified atom stereocenters. The van der Waals surface area contributed by atoms with Gasteiger partial charge in [-0.05, 0) is 19.4 Å². The number of benzene rings is 1. The van der Waals surface area contributed by atoms with Crippen LogP contribution < -0.4 is 10.2 Å². The molecule has 6 heteroatoms. The molecule has 0 saturated carbocycles. The van der Waals surface area contributed by atoms with E-state index in [2.05, 4.69) is 17.3 Å². The van der Waals surface area contributed by atoms with Gasteiger partial charge in [0, 0.05) is 19.2 Å². The largest absolute Gasteiger partial charge is 0.618 e. The predicted molar refractivity (Wildman–Crippen MR) is 86.0 cm³/mol. The quantitative estimate of drug-likeness (QED) is 0.560. The van der Waals surface area contributed by atoms with Crippen LogP contribution >= 0.6 is 0 Å². The van der Waals surface area contributed by atoms with Gasteiger partial charge in [0.1, 0.15) is 12.1 Å². The fourth-order valence-electron chi connectivity index (χ4n) is 2.56. The van der Waals surface area contributed by atoms with Crippen molar-refractivity contribution in [2.45, 2.75) is 26.9 Å². The monoisotopic (exact) mass is 300 g/mol. The first-order chi connectivity index (χ1) is 10.8. The van der Waals surface area contributed by atoms with Crippen molar-refractivity contribution in [3.8, 4) is 0 Å². The lowest BCUT2D eigenvalue weighted by Crippen LogP contribution is -2.26. The van der Waals surface area contributed by atoms with E-state index in [1.807, 2.05) is 35.9 Å². The summed E-state index contributed by atoms with van der Waals surface area (Å²) in [5.74, 6) is 0.779. The minimum absolute atomic E-state index is 0.412. The molecule has 0 aliphatic rings. The number of nitrogens with one attached hydrogen (secondary N) is 1. The molecule has 2 aromatic heterocycles. The lowest BCUT2D eigenvalue weighted by molar-refractivity contribution is -0.575. The summed E-state index contributed by atoms with van der Waals surface area (Å²) in [5, 5.41) is 13.0. The summed E-state index contributed by atoms with van der Waals surface area (Å²) in [6.07, 6.45) is 2.53. The summed E-state index contributed by atoms with van der Waals surface area (Å²) >= 11 is 0. The zero-order valence-electron chi connectivity index (χ0n) is 12.9. The normalized spacial score (nSPS) is 11.4. The Morgan fingerprint density at radius 3 is 2.91 bits per heavy atom. The lowest BCUT2D eigenvalue weighted by Gasteiger charge is -2.12. The molecule has 3 aromatic rings. The van der Waals surface area contributed by atoms with Crippen molar-refractivity contribution in [2.75, 3.05) is 18.6 Å². The van der Waals surface area contributed by atoms with Crippen molar-refractivity contribution in [3.05, 3.63) is 41.5 Å². The van der Waals surface area contributed by atoms with Crippen LogP contribution in [0.4, 0.5) is 0 Å². The molecule has 0 aliphatic carbocycles. The van der Waals surface area contributed by atoms with E-state index in [0.717, 1.165) is 34.4 Å². The van der Waals surface area contributed by atoms with E-state index in [1.54, 1.807) is 0 Å². The summed E-state index contributed by atoms with van der Waals surface area (Å²) < 4.78 is 8.33. The highest BCUT2D eigenvalue weighted by Crippen LogP contribution is 2.23. The van der Waals surface area contributed by atoms with E-state index < -0.39 is 0 Å². The average molecular weight is 300 g/mol. The van der Waals surface area contributed by atoms with Gasteiger partial charge in [-0.25, -0.2) is 9.66 Å². The molecule has 116 valence electrons. The molecule has 1 N–H and O–H groups in total. The summed E-state index contributed by atoms with van der Waals surface area (Å²) in [5.41, 5.74) is 5.60. The molecule has 0 atom stereocenters.